The Balaban J connectivity index is 2.11. The van der Waals surface area contributed by atoms with E-state index in [2.05, 4.69) is 33.2 Å². The van der Waals surface area contributed by atoms with Gasteiger partial charge >= 0.3 is 0 Å². The third kappa shape index (κ3) is 3.57. The van der Waals surface area contributed by atoms with Gasteiger partial charge in [0.25, 0.3) is 0 Å². The van der Waals surface area contributed by atoms with E-state index in [1.165, 1.54) is 0 Å². The summed E-state index contributed by atoms with van der Waals surface area (Å²) in [5.74, 6) is 2.44. The Labute approximate surface area is 133 Å². The first-order chi connectivity index (χ1) is 10.1. The molecule has 1 unspecified atom stereocenters. The van der Waals surface area contributed by atoms with Crippen LogP contribution in [-0.2, 0) is 13.6 Å². The van der Waals surface area contributed by atoms with Gasteiger partial charge in [0.1, 0.15) is 5.82 Å². The first-order valence-electron chi connectivity index (χ1n) is 6.67. The van der Waals surface area contributed by atoms with Gasteiger partial charge in [0.15, 0.2) is 11.5 Å². The highest BCUT2D eigenvalue weighted by Gasteiger charge is 2.13. The van der Waals surface area contributed by atoms with E-state index in [-0.39, 0.29) is 6.04 Å². The van der Waals surface area contributed by atoms with Gasteiger partial charge in [-0.2, -0.15) is 0 Å². The number of rotatable bonds is 6. The molecule has 0 aliphatic rings. The minimum atomic E-state index is 0.157. The Morgan fingerprint density at radius 3 is 2.52 bits per heavy atom. The van der Waals surface area contributed by atoms with E-state index in [0.29, 0.717) is 12.3 Å². The van der Waals surface area contributed by atoms with Gasteiger partial charge in [0, 0.05) is 30.5 Å². The molecular weight excluding hydrogens is 334 g/mol. The largest absolute Gasteiger partial charge is 0.493 e. The number of hydrogen-bond donors (Lipinski definition) is 1. The molecule has 114 valence electrons. The molecule has 0 radical (unpaired) electrons. The molecule has 0 saturated carbocycles. The quantitative estimate of drug-likeness (QED) is 0.866. The molecule has 0 aliphatic heterocycles. The van der Waals surface area contributed by atoms with Crippen LogP contribution in [0.15, 0.2) is 29.0 Å². The fourth-order valence-electron chi connectivity index (χ4n) is 2.18. The van der Waals surface area contributed by atoms with E-state index in [1.807, 2.05) is 29.9 Å². The van der Waals surface area contributed by atoms with Gasteiger partial charge in [-0.15, -0.1) is 0 Å². The van der Waals surface area contributed by atoms with Crippen molar-refractivity contribution in [3.8, 4) is 11.5 Å². The number of halogens is 1. The molecule has 1 N–H and O–H groups in total. The first-order valence-corrected chi connectivity index (χ1v) is 7.47. The summed E-state index contributed by atoms with van der Waals surface area (Å²) in [6.07, 6.45) is 3.75. The van der Waals surface area contributed by atoms with E-state index in [1.54, 1.807) is 20.4 Å². The lowest BCUT2D eigenvalue weighted by Gasteiger charge is -2.16. The summed E-state index contributed by atoms with van der Waals surface area (Å²) in [6, 6.07) is 4.05. The molecule has 1 heterocycles. The van der Waals surface area contributed by atoms with Crippen LogP contribution in [0.3, 0.4) is 0 Å². The summed E-state index contributed by atoms with van der Waals surface area (Å²) in [5.41, 5.74) is 1.11. The Bertz CT molecular complexity index is 613. The lowest BCUT2D eigenvalue weighted by atomic mass is 10.2. The van der Waals surface area contributed by atoms with Crippen LogP contribution in [-0.4, -0.2) is 23.8 Å². The van der Waals surface area contributed by atoms with Crippen LogP contribution < -0.4 is 14.8 Å². The van der Waals surface area contributed by atoms with Gasteiger partial charge in [-0.05, 0) is 24.6 Å². The van der Waals surface area contributed by atoms with Crippen molar-refractivity contribution in [3.05, 3.63) is 40.4 Å². The fraction of sp³-hybridized carbons (Fsp3) is 0.400. The molecule has 0 fully saturated rings. The molecule has 2 aromatic rings. The van der Waals surface area contributed by atoms with Crippen LogP contribution in [0.25, 0.3) is 0 Å². The molecule has 1 aromatic carbocycles. The average Bonchev–Trinajstić information content (AvgIpc) is 2.91. The van der Waals surface area contributed by atoms with Crippen molar-refractivity contribution in [3.63, 3.8) is 0 Å². The third-order valence-electron chi connectivity index (χ3n) is 3.40. The number of aromatic nitrogens is 2. The van der Waals surface area contributed by atoms with Crippen LogP contribution in [0.5, 0.6) is 11.5 Å². The van der Waals surface area contributed by atoms with Gasteiger partial charge in [0.05, 0.1) is 20.3 Å². The molecule has 21 heavy (non-hydrogen) atoms. The van der Waals surface area contributed by atoms with E-state index in [4.69, 9.17) is 9.47 Å². The summed E-state index contributed by atoms with van der Waals surface area (Å²) in [6.45, 7) is 2.80. The number of nitrogens with one attached hydrogen (secondary N) is 1. The topological polar surface area (TPSA) is 48.3 Å². The summed E-state index contributed by atoms with van der Waals surface area (Å²) in [7, 11) is 5.26. The zero-order valence-electron chi connectivity index (χ0n) is 12.7. The summed E-state index contributed by atoms with van der Waals surface area (Å²) in [4.78, 5) is 4.36. The molecule has 6 heteroatoms. The molecule has 0 saturated heterocycles. The van der Waals surface area contributed by atoms with Crippen LogP contribution in [0.2, 0.25) is 0 Å². The smallest absolute Gasteiger partial charge is 0.161 e. The van der Waals surface area contributed by atoms with Gasteiger partial charge < -0.3 is 19.4 Å². The number of ether oxygens (including phenoxy) is 2. The maximum absolute atomic E-state index is 5.34. The van der Waals surface area contributed by atoms with Crippen LogP contribution in [0.4, 0.5) is 0 Å². The standard InChI is InChI=1S/C15H20BrN3O2/c1-10(15-17-5-6-19(15)2)18-9-11-7-13(20-3)14(21-4)8-12(11)16/h5-8,10,18H,9H2,1-4H3. The highest BCUT2D eigenvalue weighted by Crippen LogP contribution is 2.33. The van der Waals surface area contributed by atoms with Crippen molar-refractivity contribution >= 4 is 15.9 Å². The van der Waals surface area contributed by atoms with E-state index in [9.17, 15) is 0 Å². The van der Waals surface area contributed by atoms with Crippen molar-refractivity contribution in [2.45, 2.75) is 19.5 Å². The Hall–Kier alpha value is -1.53. The highest BCUT2D eigenvalue weighted by atomic mass is 79.9. The molecule has 0 spiro atoms. The Morgan fingerprint density at radius 1 is 1.29 bits per heavy atom. The second-order valence-corrected chi connectivity index (χ2v) is 5.65. The number of aryl methyl sites for hydroxylation is 1. The molecular formula is C15H20BrN3O2. The van der Waals surface area contributed by atoms with Gasteiger partial charge in [-0.25, -0.2) is 4.98 Å². The number of methoxy groups -OCH3 is 2. The SMILES string of the molecule is COc1cc(Br)c(CNC(C)c2nccn2C)cc1OC. The lowest BCUT2D eigenvalue weighted by Crippen LogP contribution is -2.21. The minimum Gasteiger partial charge on any atom is -0.493 e. The predicted molar refractivity (Wildman–Crippen MR) is 85.7 cm³/mol. The summed E-state index contributed by atoms with van der Waals surface area (Å²) in [5, 5.41) is 3.46. The van der Waals surface area contributed by atoms with Gasteiger partial charge in [-0.1, -0.05) is 15.9 Å². The maximum Gasteiger partial charge on any atom is 0.161 e. The summed E-state index contributed by atoms with van der Waals surface area (Å²) < 4.78 is 13.6. The fourth-order valence-corrected chi connectivity index (χ4v) is 2.64. The number of benzene rings is 1. The number of nitrogens with zero attached hydrogens (tertiary/aromatic N) is 2. The Kier molecular flexibility index (Phi) is 5.25. The Morgan fingerprint density at radius 2 is 1.95 bits per heavy atom. The van der Waals surface area contributed by atoms with Gasteiger partial charge in [-0.3, -0.25) is 0 Å². The normalized spacial score (nSPS) is 12.2. The van der Waals surface area contributed by atoms with E-state index in [0.717, 1.165) is 21.6 Å². The first kappa shape index (κ1) is 15.9. The third-order valence-corrected chi connectivity index (χ3v) is 4.14. The molecule has 0 bridgehead atoms. The molecule has 0 amide bonds. The van der Waals surface area contributed by atoms with E-state index < -0.39 is 0 Å². The van der Waals surface area contributed by atoms with Crippen molar-refractivity contribution in [1.29, 1.82) is 0 Å². The van der Waals surface area contributed by atoms with Crippen LogP contribution in [0.1, 0.15) is 24.4 Å². The van der Waals surface area contributed by atoms with Crippen molar-refractivity contribution < 1.29 is 9.47 Å². The lowest BCUT2D eigenvalue weighted by molar-refractivity contribution is 0.354. The minimum absolute atomic E-state index is 0.157. The zero-order chi connectivity index (χ0) is 15.4. The van der Waals surface area contributed by atoms with Crippen molar-refractivity contribution in [2.24, 2.45) is 7.05 Å². The second kappa shape index (κ2) is 6.95. The molecule has 0 aliphatic carbocycles. The molecule has 5 nitrogen and oxygen atoms in total. The predicted octanol–water partition coefficient (Wildman–Crippen LogP) is 3.05. The second-order valence-electron chi connectivity index (χ2n) is 4.80. The molecule has 1 aromatic heterocycles. The van der Waals surface area contributed by atoms with E-state index >= 15 is 0 Å². The average molecular weight is 354 g/mol. The van der Waals surface area contributed by atoms with Gasteiger partial charge in [0.2, 0.25) is 0 Å². The maximum atomic E-state index is 5.34. The number of imidazole rings is 1. The van der Waals surface area contributed by atoms with Crippen molar-refractivity contribution in [2.75, 3.05) is 14.2 Å². The number of hydrogen-bond acceptors (Lipinski definition) is 4. The highest BCUT2D eigenvalue weighted by molar-refractivity contribution is 9.10. The monoisotopic (exact) mass is 353 g/mol. The molecule has 2 rings (SSSR count). The van der Waals surface area contributed by atoms with Crippen LogP contribution >= 0.6 is 15.9 Å². The molecule has 1 atom stereocenters. The zero-order valence-corrected chi connectivity index (χ0v) is 14.3. The summed E-state index contributed by atoms with van der Waals surface area (Å²) >= 11 is 3.57. The van der Waals surface area contributed by atoms with Crippen LogP contribution in [0, 0.1) is 0 Å². The van der Waals surface area contributed by atoms with Crippen molar-refractivity contribution in [1.82, 2.24) is 14.9 Å².